The van der Waals surface area contributed by atoms with Gasteiger partial charge < -0.3 is 15.4 Å². The van der Waals surface area contributed by atoms with Gasteiger partial charge in [0.15, 0.2) is 0 Å². The van der Waals surface area contributed by atoms with Crippen LogP contribution in [0.1, 0.15) is 38.2 Å². The number of nitrogens with zero attached hydrogens (tertiary/aromatic N) is 1. The molecule has 0 radical (unpaired) electrons. The van der Waals surface area contributed by atoms with Gasteiger partial charge in [-0.05, 0) is 24.8 Å². The second-order valence-corrected chi connectivity index (χ2v) is 5.49. The first-order valence-electron chi connectivity index (χ1n) is 7.34. The Morgan fingerprint density at radius 2 is 2.20 bits per heavy atom. The summed E-state index contributed by atoms with van der Waals surface area (Å²) < 4.78 is 5.36. The fourth-order valence-electron chi connectivity index (χ4n) is 2.77. The lowest BCUT2D eigenvalue weighted by Crippen LogP contribution is -2.30. The van der Waals surface area contributed by atoms with Crippen molar-refractivity contribution in [1.29, 1.82) is 0 Å². The van der Waals surface area contributed by atoms with E-state index in [4.69, 9.17) is 10.5 Å². The Labute approximate surface area is 120 Å². The van der Waals surface area contributed by atoms with Gasteiger partial charge in [-0.1, -0.05) is 19.4 Å². The van der Waals surface area contributed by atoms with Crippen molar-refractivity contribution in [3.05, 3.63) is 23.8 Å². The summed E-state index contributed by atoms with van der Waals surface area (Å²) >= 11 is 0. The van der Waals surface area contributed by atoms with Crippen LogP contribution in [0.15, 0.2) is 18.2 Å². The van der Waals surface area contributed by atoms with E-state index < -0.39 is 0 Å². The van der Waals surface area contributed by atoms with Crippen LogP contribution in [-0.2, 0) is 11.3 Å². The van der Waals surface area contributed by atoms with Crippen molar-refractivity contribution in [2.24, 2.45) is 5.92 Å². The molecular weight excluding hydrogens is 252 g/mol. The Morgan fingerprint density at radius 3 is 2.90 bits per heavy atom. The third-order valence-corrected chi connectivity index (χ3v) is 4.18. The second-order valence-electron chi connectivity index (χ2n) is 5.49. The van der Waals surface area contributed by atoms with E-state index in [1.807, 2.05) is 23.1 Å². The van der Waals surface area contributed by atoms with E-state index in [9.17, 15) is 4.79 Å². The predicted molar refractivity (Wildman–Crippen MR) is 80.5 cm³/mol. The zero-order chi connectivity index (χ0) is 14.5. The molecule has 0 spiro atoms. The van der Waals surface area contributed by atoms with Crippen molar-refractivity contribution in [3.63, 3.8) is 0 Å². The molecule has 0 bridgehead atoms. The van der Waals surface area contributed by atoms with E-state index in [1.165, 1.54) is 0 Å². The number of methoxy groups -OCH3 is 1. The van der Waals surface area contributed by atoms with Gasteiger partial charge in [0.05, 0.1) is 7.11 Å². The van der Waals surface area contributed by atoms with E-state index >= 15 is 0 Å². The van der Waals surface area contributed by atoms with Crippen molar-refractivity contribution in [2.75, 3.05) is 19.4 Å². The fourth-order valence-corrected chi connectivity index (χ4v) is 2.77. The lowest BCUT2D eigenvalue weighted by molar-refractivity contribution is -0.131. The summed E-state index contributed by atoms with van der Waals surface area (Å²) in [4.78, 5) is 14.2. The average Bonchev–Trinajstić information content (AvgIpc) is 2.63. The summed E-state index contributed by atoms with van der Waals surface area (Å²) in [6.07, 6.45) is 3.94. The Hall–Kier alpha value is -1.71. The lowest BCUT2D eigenvalue weighted by atomic mass is 9.98. The molecule has 1 aromatic carbocycles. The van der Waals surface area contributed by atoms with Crippen LogP contribution in [0.4, 0.5) is 5.69 Å². The Balaban J connectivity index is 2.10. The maximum Gasteiger partial charge on any atom is 0.222 e. The van der Waals surface area contributed by atoms with Gasteiger partial charge in [0.2, 0.25) is 5.91 Å². The summed E-state index contributed by atoms with van der Waals surface area (Å²) in [6.45, 7) is 3.65. The highest BCUT2D eigenvalue weighted by Crippen LogP contribution is 2.26. The highest BCUT2D eigenvalue weighted by molar-refractivity contribution is 5.76. The van der Waals surface area contributed by atoms with Gasteiger partial charge in [0.25, 0.3) is 0 Å². The molecule has 110 valence electrons. The summed E-state index contributed by atoms with van der Waals surface area (Å²) in [6, 6.07) is 5.62. The first kappa shape index (κ1) is 14.7. The molecule has 1 aliphatic rings. The summed E-state index contributed by atoms with van der Waals surface area (Å²) in [5.74, 6) is 1.69. The monoisotopic (exact) mass is 276 g/mol. The van der Waals surface area contributed by atoms with E-state index in [0.717, 1.165) is 37.1 Å². The van der Waals surface area contributed by atoms with Crippen LogP contribution in [0.3, 0.4) is 0 Å². The summed E-state index contributed by atoms with van der Waals surface area (Å²) in [5.41, 5.74) is 7.46. The fraction of sp³-hybridized carbons (Fsp3) is 0.562. The maximum atomic E-state index is 12.2. The first-order chi connectivity index (χ1) is 9.63. The van der Waals surface area contributed by atoms with Crippen molar-refractivity contribution >= 4 is 11.6 Å². The van der Waals surface area contributed by atoms with Crippen LogP contribution in [-0.4, -0.2) is 24.5 Å². The predicted octanol–water partition coefficient (Wildman–Crippen LogP) is 2.82. The van der Waals surface area contributed by atoms with Crippen LogP contribution >= 0.6 is 0 Å². The molecule has 1 aliphatic heterocycles. The van der Waals surface area contributed by atoms with Gasteiger partial charge in [0.1, 0.15) is 5.75 Å². The van der Waals surface area contributed by atoms with Gasteiger partial charge in [-0.15, -0.1) is 0 Å². The molecule has 1 atom stereocenters. The van der Waals surface area contributed by atoms with Gasteiger partial charge in [-0.25, -0.2) is 0 Å². The molecule has 0 aromatic heterocycles. The number of anilines is 1. The Morgan fingerprint density at radius 1 is 1.40 bits per heavy atom. The van der Waals surface area contributed by atoms with Gasteiger partial charge >= 0.3 is 0 Å². The number of ether oxygens (including phenoxy) is 1. The number of carbonyl (C=O) groups is 1. The molecule has 20 heavy (non-hydrogen) atoms. The molecule has 2 N–H and O–H groups in total. The minimum atomic E-state index is 0.250. The number of likely N-dealkylation sites (tertiary alicyclic amines) is 1. The zero-order valence-corrected chi connectivity index (χ0v) is 12.4. The molecular formula is C16H24N2O2. The van der Waals surface area contributed by atoms with E-state index in [-0.39, 0.29) is 5.91 Å². The third-order valence-electron chi connectivity index (χ3n) is 4.18. The molecule has 0 aliphatic carbocycles. The maximum absolute atomic E-state index is 12.2. The van der Waals surface area contributed by atoms with Crippen molar-refractivity contribution in [1.82, 2.24) is 4.90 Å². The number of rotatable bonds is 4. The SMILES string of the molecule is CCC1CCC(=O)N(Cc2ccc(N)cc2OC)CC1. The smallest absolute Gasteiger partial charge is 0.222 e. The minimum absolute atomic E-state index is 0.250. The lowest BCUT2D eigenvalue weighted by Gasteiger charge is -2.22. The largest absolute Gasteiger partial charge is 0.496 e. The quantitative estimate of drug-likeness (QED) is 0.860. The highest BCUT2D eigenvalue weighted by Gasteiger charge is 2.22. The number of nitrogen functional groups attached to an aromatic ring is 1. The van der Waals surface area contributed by atoms with Crippen molar-refractivity contribution in [2.45, 2.75) is 39.2 Å². The second kappa shape index (κ2) is 6.64. The molecule has 4 nitrogen and oxygen atoms in total. The normalized spacial score (nSPS) is 19.8. The molecule has 1 fully saturated rings. The summed E-state index contributed by atoms with van der Waals surface area (Å²) in [7, 11) is 1.63. The molecule has 1 heterocycles. The average molecular weight is 276 g/mol. The third kappa shape index (κ3) is 3.44. The first-order valence-corrected chi connectivity index (χ1v) is 7.34. The Bertz CT molecular complexity index is 474. The molecule has 1 aromatic rings. The van der Waals surface area contributed by atoms with E-state index in [0.29, 0.717) is 24.6 Å². The van der Waals surface area contributed by atoms with Crippen LogP contribution in [0.5, 0.6) is 5.75 Å². The molecule has 0 saturated carbocycles. The molecule has 2 rings (SSSR count). The molecule has 1 amide bonds. The molecule has 1 saturated heterocycles. The number of benzene rings is 1. The van der Waals surface area contributed by atoms with Crippen LogP contribution in [0, 0.1) is 5.92 Å². The number of carbonyl (C=O) groups excluding carboxylic acids is 1. The van der Waals surface area contributed by atoms with Crippen molar-refractivity contribution < 1.29 is 9.53 Å². The topological polar surface area (TPSA) is 55.6 Å². The minimum Gasteiger partial charge on any atom is -0.496 e. The standard InChI is InChI=1S/C16H24N2O2/c1-3-12-4-7-16(19)18(9-8-12)11-13-5-6-14(17)10-15(13)20-2/h5-6,10,12H,3-4,7-9,11,17H2,1-2H3. The van der Waals surface area contributed by atoms with Crippen LogP contribution in [0.25, 0.3) is 0 Å². The van der Waals surface area contributed by atoms with E-state index in [2.05, 4.69) is 6.92 Å². The molecule has 1 unspecified atom stereocenters. The van der Waals surface area contributed by atoms with Gasteiger partial charge in [0, 0.05) is 36.8 Å². The van der Waals surface area contributed by atoms with Gasteiger partial charge in [-0.3, -0.25) is 4.79 Å². The van der Waals surface area contributed by atoms with Crippen LogP contribution < -0.4 is 10.5 Å². The number of hydrogen-bond acceptors (Lipinski definition) is 3. The highest BCUT2D eigenvalue weighted by atomic mass is 16.5. The van der Waals surface area contributed by atoms with Crippen molar-refractivity contribution in [3.8, 4) is 5.75 Å². The number of amides is 1. The number of nitrogens with two attached hydrogens (primary N) is 1. The zero-order valence-electron chi connectivity index (χ0n) is 12.4. The molecule has 4 heteroatoms. The number of hydrogen-bond donors (Lipinski definition) is 1. The van der Waals surface area contributed by atoms with Crippen LogP contribution in [0.2, 0.25) is 0 Å². The summed E-state index contributed by atoms with van der Waals surface area (Å²) in [5, 5.41) is 0. The van der Waals surface area contributed by atoms with Gasteiger partial charge in [-0.2, -0.15) is 0 Å². The Kier molecular flexibility index (Phi) is 4.88. The van der Waals surface area contributed by atoms with E-state index in [1.54, 1.807) is 7.11 Å².